The van der Waals surface area contributed by atoms with E-state index in [1.165, 1.54) is 51.0 Å². The van der Waals surface area contributed by atoms with Crippen molar-refractivity contribution in [1.82, 2.24) is 24.8 Å². The van der Waals surface area contributed by atoms with Gasteiger partial charge in [0.05, 0.1) is 42.1 Å². The third-order valence-electron chi connectivity index (χ3n) is 8.73. The lowest BCUT2D eigenvalue weighted by molar-refractivity contribution is -0.125. The largest absolute Gasteiger partial charge is 0.411 e. The first-order valence-corrected chi connectivity index (χ1v) is 19.0. The summed E-state index contributed by atoms with van der Waals surface area (Å²) in [7, 11) is -0.830. The Morgan fingerprint density at radius 2 is 1.82 bits per heavy atom. The number of carbonyl (C=O) groups excluding carboxylic acids is 2. The third-order valence-corrected chi connectivity index (χ3v) is 11.5. The summed E-state index contributed by atoms with van der Waals surface area (Å²) < 4.78 is 34.3. The first-order chi connectivity index (χ1) is 23.9. The van der Waals surface area contributed by atoms with E-state index in [9.17, 15) is 23.1 Å². The molecule has 3 aromatic rings. The molecule has 0 aliphatic heterocycles. The molecule has 1 heterocycles. The maximum absolute atomic E-state index is 13.9. The topological polar surface area (TPSA) is 174 Å². The molecule has 1 aliphatic carbocycles. The number of carbonyl (C=O) groups is 2. The monoisotopic (exact) mass is 728 g/mol. The smallest absolute Gasteiger partial charge is 0.318 e. The predicted molar refractivity (Wildman–Crippen MR) is 191 cm³/mol. The quantitative estimate of drug-likeness (QED) is 0.0869. The van der Waals surface area contributed by atoms with Gasteiger partial charge in [-0.25, -0.2) is 18.2 Å². The summed E-state index contributed by atoms with van der Waals surface area (Å²) in [5.74, 6) is -0.635. The van der Waals surface area contributed by atoms with Crippen LogP contribution >= 0.6 is 11.3 Å². The number of hydrogen-bond donors (Lipinski definition) is 4. The van der Waals surface area contributed by atoms with Gasteiger partial charge in [-0.05, 0) is 54.4 Å². The van der Waals surface area contributed by atoms with Crippen LogP contribution in [0.25, 0.3) is 0 Å². The van der Waals surface area contributed by atoms with Gasteiger partial charge in [-0.15, -0.1) is 11.3 Å². The number of oxime groups is 1. The zero-order chi connectivity index (χ0) is 36.3. The van der Waals surface area contributed by atoms with E-state index >= 15 is 0 Å². The van der Waals surface area contributed by atoms with Crippen LogP contribution < -0.4 is 10.6 Å². The highest BCUT2D eigenvalue weighted by molar-refractivity contribution is 7.89. The zero-order valence-electron chi connectivity index (χ0n) is 28.9. The van der Waals surface area contributed by atoms with E-state index in [4.69, 9.17) is 9.94 Å². The standard InChI is InChI=1S/C35H48N6O7S2/c1-24(2)33(39-35(44)40(3)20-28-23-49-32(37-28)22-48-4)34(43)38-30(17-25-9-6-5-7-10-25)31(42)21-41(19-27-11-8-12-27)50(46,47)29-15-13-26(14-16-29)18-36-45/h5-7,9-10,13-16,18,23-24,27,30-31,33,42,45H,8,11-12,17,19-22H2,1-4H3,(H,38,43)(H,39,44)/t30-,31-,33-/m0/s1. The second kappa shape index (κ2) is 18.4. The lowest BCUT2D eigenvalue weighted by Gasteiger charge is -2.35. The summed E-state index contributed by atoms with van der Waals surface area (Å²) in [6.07, 6.45) is 2.93. The highest BCUT2D eigenvalue weighted by atomic mass is 32.2. The Labute approximate surface area is 298 Å². The first-order valence-electron chi connectivity index (χ1n) is 16.6. The Hall–Kier alpha value is -3.89. The molecule has 50 heavy (non-hydrogen) atoms. The molecule has 0 unspecified atom stereocenters. The Balaban J connectivity index is 1.52. The van der Waals surface area contributed by atoms with Crippen LogP contribution in [0, 0.1) is 11.8 Å². The number of nitrogens with one attached hydrogen (secondary N) is 2. The molecule has 1 fully saturated rings. The molecule has 1 aromatic heterocycles. The molecule has 0 saturated heterocycles. The molecular formula is C35H48N6O7S2. The summed E-state index contributed by atoms with van der Waals surface area (Å²) in [6, 6.07) is 13.0. The number of benzene rings is 2. The van der Waals surface area contributed by atoms with Crippen LogP contribution in [0.15, 0.2) is 70.0 Å². The molecule has 4 rings (SSSR count). The van der Waals surface area contributed by atoms with Crippen molar-refractivity contribution in [2.45, 2.75) is 75.8 Å². The Kier molecular flexibility index (Phi) is 14.3. The number of aliphatic hydroxyl groups is 1. The average Bonchev–Trinajstić information content (AvgIpc) is 3.51. The number of hydrogen-bond acceptors (Lipinski definition) is 10. The fraction of sp³-hybridized carbons (Fsp3) is 0.486. The molecule has 0 bridgehead atoms. The van der Waals surface area contributed by atoms with Crippen LogP contribution in [0.2, 0.25) is 0 Å². The highest BCUT2D eigenvalue weighted by Gasteiger charge is 2.35. The Morgan fingerprint density at radius 1 is 1.12 bits per heavy atom. The fourth-order valence-electron chi connectivity index (χ4n) is 5.64. The summed E-state index contributed by atoms with van der Waals surface area (Å²) in [6.45, 7) is 4.22. The van der Waals surface area contributed by atoms with Crippen LogP contribution in [0.3, 0.4) is 0 Å². The number of ether oxygens (including phenoxy) is 1. The lowest BCUT2D eigenvalue weighted by Crippen LogP contribution is -2.58. The maximum atomic E-state index is 13.9. The van der Waals surface area contributed by atoms with Crippen molar-refractivity contribution in [2.24, 2.45) is 17.0 Å². The van der Waals surface area contributed by atoms with Gasteiger partial charge in [-0.3, -0.25) is 4.79 Å². The van der Waals surface area contributed by atoms with Gasteiger partial charge < -0.3 is 30.6 Å². The van der Waals surface area contributed by atoms with Crippen LogP contribution in [-0.4, -0.2) is 96.5 Å². The summed E-state index contributed by atoms with van der Waals surface area (Å²) in [5.41, 5.74) is 2.07. The van der Waals surface area contributed by atoms with Crippen molar-refractivity contribution in [2.75, 3.05) is 27.2 Å². The van der Waals surface area contributed by atoms with Crippen LogP contribution in [-0.2, 0) is 39.1 Å². The molecular weight excluding hydrogens is 681 g/mol. The second-order valence-electron chi connectivity index (χ2n) is 13.0. The van der Waals surface area contributed by atoms with Gasteiger partial charge in [0.25, 0.3) is 0 Å². The Bertz CT molecular complexity index is 1660. The van der Waals surface area contributed by atoms with Crippen molar-refractivity contribution >= 4 is 39.5 Å². The van der Waals surface area contributed by atoms with E-state index in [1.807, 2.05) is 49.6 Å². The molecule has 3 amide bonds. The SMILES string of the molecule is COCc1nc(CN(C)C(=O)N[C@H](C(=O)N[C@@H](Cc2ccccc2)[C@@H](O)CN(CC2CCC2)S(=O)(=O)c2ccc(C=NO)cc2)C(C)C)cs1. The van der Waals surface area contributed by atoms with Crippen molar-refractivity contribution in [3.05, 3.63) is 81.8 Å². The molecule has 0 spiro atoms. The lowest BCUT2D eigenvalue weighted by atomic mass is 9.85. The van der Waals surface area contributed by atoms with Gasteiger partial charge in [0, 0.05) is 32.6 Å². The van der Waals surface area contributed by atoms with Crippen LogP contribution in [0.5, 0.6) is 0 Å². The van der Waals surface area contributed by atoms with Gasteiger partial charge in [-0.2, -0.15) is 4.31 Å². The van der Waals surface area contributed by atoms with Crippen molar-refractivity contribution in [3.8, 4) is 0 Å². The third kappa shape index (κ3) is 10.8. The molecule has 0 radical (unpaired) electrons. The number of aromatic nitrogens is 1. The average molecular weight is 729 g/mol. The van der Waals surface area contributed by atoms with E-state index in [2.05, 4.69) is 20.8 Å². The maximum Gasteiger partial charge on any atom is 0.318 e. The van der Waals surface area contributed by atoms with Gasteiger partial charge in [0.15, 0.2) is 0 Å². The second-order valence-corrected chi connectivity index (χ2v) is 15.9. The molecule has 1 saturated carbocycles. The number of urea groups is 1. The van der Waals surface area contributed by atoms with E-state index < -0.39 is 40.1 Å². The highest BCUT2D eigenvalue weighted by Crippen LogP contribution is 2.30. The number of sulfonamides is 1. The number of methoxy groups -OCH3 is 1. The van der Waals surface area contributed by atoms with Crippen molar-refractivity contribution in [1.29, 1.82) is 0 Å². The molecule has 1 aliphatic rings. The Morgan fingerprint density at radius 3 is 2.42 bits per heavy atom. The molecule has 2 aromatic carbocycles. The van der Waals surface area contributed by atoms with Gasteiger partial charge in [0.1, 0.15) is 11.0 Å². The van der Waals surface area contributed by atoms with Crippen molar-refractivity contribution in [3.63, 3.8) is 0 Å². The van der Waals surface area contributed by atoms with Crippen LogP contribution in [0.1, 0.15) is 54.9 Å². The normalized spacial score (nSPS) is 15.5. The number of thiazole rings is 1. The number of nitrogens with zero attached hydrogens (tertiary/aromatic N) is 4. The van der Waals surface area contributed by atoms with Gasteiger partial charge in [-0.1, -0.05) is 67.9 Å². The van der Waals surface area contributed by atoms with Gasteiger partial charge >= 0.3 is 6.03 Å². The number of amides is 3. The van der Waals surface area contributed by atoms with E-state index in [0.29, 0.717) is 17.9 Å². The molecule has 4 N–H and O–H groups in total. The minimum Gasteiger partial charge on any atom is -0.411 e. The van der Waals surface area contributed by atoms with E-state index in [1.54, 1.807) is 14.2 Å². The summed E-state index contributed by atoms with van der Waals surface area (Å²) >= 11 is 1.44. The van der Waals surface area contributed by atoms with Crippen LogP contribution in [0.4, 0.5) is 4.79 Å². The van der Waals surface area contributed by atoms with Gasteiger partial charge in [0.2, 0.25) is 15.9 Å². The summed E-state index contributed by atoms with van der Waals surface area (Å²) in [4.78, 5) is 33.1. The summed E-state index contributed by atoms with van der Waals surface area (Å²) in [5, 5.41) is 32.0. The number of rotatable bonds is 18. The molecule has 15 heteroatoms. The minimum atomic E-state index is -4.04. The predicted octanol–water partition coefficient (Wildman–Crippen LogP) is 3.84. The van der Waals surface area contributed by atoms with E-state index in [0.717, 1.165) is 29.8 Å². The zero-order valence-corrected chi connectivity index (χ0v) is 30.6. The minimum absolute atomic E-state index is 0.0436. The molecule has 13 nitrogen and oxygen atoms in total. The number of aliphatic hydroxyl groups excluding tert-OH is 1. The van der Waals surface area contributed by atoms with E-state index in [-0.39, 0.29) is 42.8 Å². The molecule has 3 atom stereocenters. The van der Waals surface area contributed by atoms with Crippen molar-refractivity contribution < 1.29 is 33.1 Å². The first kappa shape index (κ1) is 38.9. The fourth-order valence-corrected chi connectivity index (χ4v) is 7.93. The molecule has 272 valence electrons.